The van der Waals surface area contributed by atoms with Gasteiger partial charge in [-0.2, -0.15) is 0 Å². The number of primary amides is 1. The van der Waals surface area contributed by atoms with Crippen molar-refractivity contribution in [2.45, 2.75) is 44.6 Å². The summed E-state index contributed by atoms with van der Waals surface area (Å²) in [6, 6.07) is 26.4. The highest BCUT2D eigenvalue weighted by atomic mass is 16.2. The van der Waals surface area contributed by atoms with Gasteiger partial charge in [0.2, 0.25) is 11.8 Å². The third-order valence-electron chi connectivity index (χ3n) is 7.10. The highest BCUT2D eigenvalue weighted by Gasteiger charge is 2.27. The molecule has 182 valence electrons. The molecule has 0 radical (unpaired) electrons. The lowest BCUT2D eigenvalue weighted by atomic mass is 9.81. The fourth-order valence-corrected chi connectivity index (χ4v) is 5.00. The van der Waals surface area contributed by atoms with Crippen LogP contribution in [-0.2, 0) is 22.4 Å². The zero-order valence-electron chi connectivity index (χ0n) is 20.2. The second-order valence-electron chi connectivity index (χ2n) is 9.67. The van der Waals surface area contributed by atoms with Gasteiger partial charge in [-0.25, -0.2) is 0 Å². The molecule has 0 saturated heterocycles. The minimum atomic E-state index is -0.337. The Morgan fingerprint density at radius 2 is 1.54 bits per heavy atom. The van der Waals surface area contributed by atoms with Gasteiger partial charge in [-0.1, -0.05) is 72.8 Å². The smallest absolute Gasteiger partial charge is 0.223 e. The van der Waals surface area contributed by atoms with E-state index in [0.29, 0.717) is 12.5 Å². The molecule has 3 aromatic rings. The summed E-state index contributed by atoms with van der Waals surface area (Å²) in [7, 11) is 0. The monoisotopic (exact) mass is 469 g/mol. The van der Waals surface area contributed by atoms with Crippen LogP contribution in [0.25, 0.3) is 11.1 Å². The van der Waals surface area contributed by atoms with E-state index in [1.807, 2.05) is 48.5 Å². The largest absolute Gasteiger partial charge is 0.369 e. The molecule has 0 spiro atoms. The Hall–Kier alpha value is -3.44. The molecular weight excluding hydrogens is 434 g/mol. The quantitative estimate of drug-likeness (QED) is 0.429. The van der Waals surface area contributed by atoms with Crippen LogP contribution in [0.3, 0.4) is 0 Å². The van der Waals surface area contributed by atoms with Crippen LogP contribution in [0.5, 0.6) is 0 Å². The minimum absolute atomic E-state index is 0.0528. The van der Waals surface area contributed by atoms with E-state index in [9.17, 15) is 9.59 Å². The summed E-state index contributed by atoms with van der Waals surface area (Å²) in [4.78, 5) is 24.5. The van der Waals surface area contributed by atoms with Crippen molar-refractivity contribution in [3.05, 3.63) is 95.6 Å². The van der Waals surface area contributed by atoms with Gasteiger partial charge in [-0.3, -0.25) is 9.59 Å². The Morgan fingerprint density at radius 1 is 0.829 bits per heavy atom. The number of carbonyl (C=O) groups excluding carboxylic acids is 2. The van der Waals surface area contributed by atoms with Gasteiger partial charge in [-0.05, 0) is 78.5 Å². The normalized spacial score (nSPS) is 18.5. The number of amides is 2. The molecular formula is C30H35N3O2. The van der Waals surface area contributed by atoms with Gasteiger partial charge in [0, 0.05) is 5.92 Å². The Kier molecular flexibility index (Phi) is 8.32. The Balaban J connectivity index is 1.55. The van der Waals surface area contributed by atoms with Gasteiger partial charge < -0.3 is 16.8 Å². The molecule has 1 aliphatic rings. The first-order valence-electron chi connectivity index (χ1n) is 12.5. The van der Waals surface area contributed by atoms with Crippen LogP contribution in [0.15, 0.2) is 78.9 Å². The highest BCUT2D eigenvalue weighted by molar-refractivity contribution is 5.79. The lowest BCUT2D eigenvalue weighted by molar-refractivity contribution is -0.127. The number of hydrogen-bond donors (Lipinski definition) is 3. The molecule has 4 rings (SSSR count). The van der Waals surface area contributed by atoms with E-state index < -0.39 is 0 Å². The van der Waals surface area contributed by atoms with Crippen molar-refractivity contribution in [2.24, 2.45) is 23.3 Å². The van der Waals surface area contributed by atoms with Gasteiger partial charge >= 0.3 is 0 Å². The molecule has 0 heterocycles. The molecule has 35 heavy (non-hydrogen) atoms. The number of nitrogens with one attached hydrogen (secondary N) is 1. The first kappa shape index (κ1) is 24.7. The molecule has 0 aliphatic heterocycles. The van der Waals surface area contributed by atoms with Crippen molar-refractivity contribution in [1.82, 2.24) is 5.32 Å². The topological polar surface area (TPSA) is 98.2 Å². The van der Waals surface area contributed by atoms with Gasteiger partial charge in [0.05, 0.1) is 12.5 Å². The summed E-state index contributed by atoms with van der Waals surface area (Å²) in [6.45, 7) is 0.710. The summed E-state index contributed by atoms with van der Waals surface area (Å²) in [6.07, 6.45) is 4.83. The SMILES string of the molecule is NCC1CCC(C(=O)NC(Cc2ccccc2)c2cccc(-c3ccc(CC(N)=O)cc3)c2)CC1. The van der Waals surface area contributed by atoms with E-state index in [1.165, 1.54) is 5.56 Å². The molecule has 5 N–H and O–H groups in total. The van der Waals surface area contributed by atoms with E-state index in [2.05, 4.69) is 35.6 Å². The molecule has 1 atom stereocenters. The second-order valence-corrected chi connectivity index (χ2v) is 9.67. The van der Waals surface area contributed by atoms with E-state index in [-0.39, 0.29) is 30.2 Å². The molecule has 5 nitrogen and oxygen atoms in total. The summed E-state index contributed by atoms with van der Waals surface area (Å²) in [5.74, 6) is 0.403. The second kappa shape index (κ2) is 11.8. The van der Waals surface area contributed by atoms with Crippen molar-refractivity contribution < 1.29 is 9.59 Å². The number of hydrogen-bond acceptors (Lipinski definition) is 3. The van der Waals surface area contributed by atoms with Crippen LogP contribution < -0.4 is 16.8 Å². The van der Waals surface area contributed by atoms with Crippen molar-refractivity contribution in [1.29, 1.82) is 0 Å². The van der Waals surface area contributed by atoms with Crippen LogP contribution in [0.2, 0.25) is 0 Å². The average molecular weight is 470 g/mol. The summed E-state index contributed by atoms with van der Waals surface area (Å²) < 4.78 is 0. The molecule has 1 unspecified atom stereocenters. The minimum Gasteiger partial charge on any atom is -0.369 e. The fraction of sp³-hybridized carbons (Fsp3) is 0.333. The maximum atomic E-state index is 13.3. The molecule has 1 fully saturated rings. The van der Waals surface area contributed by atoms with Crippen molar-refractivity contribution in [2.75, 3.05) is 6.54 Å². The standard InChI is InChI=1S/C30H35N3O2/c31-20-23-11-15-25(16-12-23)30(35)33-28(17-21-5-2-1-3-6-21)27-8-4-7-26(19-27)24-13-9-22(10-14-24)18-29(32)34/h1-10,13-14,19,23,25,28H,11-12,15-18,20,31H2,(H2,32,34)(H,33,35). The Morgan fingerprint density at radius 3 is 2.20 bits per heavy atom. The van der Waals surface area contributed by atoms with E-state index >= 15 is 0 Å². The number of nitrogens with two attached hydrogens (primary N) is 2. The highest BCUT2D eigenvalue weighted by Crippen LogP contribution is 2.30. The predicted octanol–water partition coefficient (Wildman–Crippen LogP) is 4.55. The van der Waals surface area contributed by atoms with Gasteiger partial charge in [0.1, 0.15) is 0 Å². The molecule has 0 aromatic heterocycles. The van der Waals surface area contributed by atoms with Crippen molar-refractivity contribution in [3.8, 4) is 11.1 Å². The van der Waals surface area contributed by atoms with Gasteiger partial charge in [0.25, 0.3) is 0 Å². The van der Waals surface area contributed by atoms with Gasteiger partial charge in [0.15, 0.2) is 0 Å². The summed E-state index contributed by atoms with van der Waals surface area (Å²) in [5.41, 5.74) is 16.5. The third kappa shape index (κ3) is 6.80. The van der Waals surface area contributed by atoms with Crippen LogP contribution in [-0.4, -0.2) is 18.4 Å². The zero-order chi connectivity index (χ0) is 24.6. The van der Waals surface area contributed by atoms with Crippen LogP contribution >= 0.6 is 0 Å². The molecule has 3 aromatic carbocycles. The predicted molar refractivity (Wildman–Crippen MR) is 140 cm³/mol. The summed E-state index contributed by atoms with van der Waals surface area (Å²) >= 11 is 0. The number of carbonyl (C=O) groups is 2. The first-order chi connectivity index (χ1) is 17.0. The van der Waals surface area contributed by atoms with Crippen LogP contribution in [0.1, 0.15) is 48.4 Å². The molecule has 0 bridgehead atoms. The Bertz CT molecular complexity index is 1120. The summed E-state index contributed by atoms with van der Waals surface area (Å²) in [5, 5.41) is 3.37. The first-order valence-corrected chi connectivity index (χ1v) is 12.5. The maximum absolute atomic E-state index is 13.3. The van der Waals surface area contributed by atoms with Crippen molar-refractivity contribution in [3.63, 3.8) is 0 Å². The van der Waals surface area contributed by atoms with Crippen LogP contribution in [0.4, 0.5) is 0 Å². The van der Waals surface area contributed by atoms with Gasteiger partial charge in [-0.15, -0.1) is 0 Å². The molecule has 2 amide bonds. The lowest BCUT2D eigenvalue weighted by Crippen LogP contribution is -2.37. The van der Waals surface area contributed by atoms with E-state index in [4.69, 9.17) is 11.5 Å². The number of rotatable bonds is 9. The molecule has 1 saturated carbocycles. The average Bonchev–Trinajstić information content (AvgIpc) is 2.89. The number of benzene rings is 3. The van der Waals surface area contributed by atoms with Crippen LogP contribution in [0, 0.1) is 11.8 Å². The maximum Gasteiger partial charge on any atom is 0.223 e. The zero-order valence-corrected chi connectivity index (χ0v) is 20.2. The Labute approximate surface area is 207 Å². The van der Waals surface area contributed by atoms with E-state index in [1.54, 1.807) is 0 Å². The lowest BCUT2D eigenvalue weighted by Gasteiger charge is -2.29. The molecule has 5 heteroatoms. The molecule has 1 aliphatic carbocycles. The fourth-order valence-electron chi connectivity index (χ4n) is 5.00. The third-order valence-corrected chi connectivity index (χ3v) is 7.10. The van der Waals surface area contributed by atoms with Crippen molar-refractivity contribution >= 4 is 11.8 Å². The van der Waals surface area contributed by atoms with E-state index in [0.717, 1.165) is 54.4 Å².